The highest BCUT2D eigenvalue weighted by Gasteiger charge is 2.32. The largest absolute Gasteiger partial charge is 0.370 e. The van der Waals surface area contributed by atoms with E-state index in [0.717, 1.165) is 17.5 Å². The highest BCUT2D eigenvalue weighted by molar-refractivity contribution is 6.00. The van der Waals surface area contributed by atoms with Crippen LogP contribution in [0.3, 0.4) is 0 Å². The first kappa shape index (κ1) is 15.6. The van der Waals surface area contributed by atoms with E-state index in [1.165, 1.54) is 9.13 Å². The van der Waals surface area contributed by atoms with Crippen molar-refractivity contribution in [2.75, 3.05) is 18.0 Å². The number of hydrogen-bond donors (Lipinski definition) is 1. The molecule has 1 N–H and O–H groups in total. The predicted octanol–water partition coefficient (Wildman–Crippen LogP) is -0.0472. The second-order valence-electron chi connectivity index (χ2n) is 6.65. The van der Waals surface area contributed by atoms with Crippen molar-refractivity contribution >= 4 is 34.8 Å². The number of imide groups is 1. The summed E-state index contributed by atoms with van der Waals surface area (Å²) in [6, 6.07) is 4.94. The molecule has 0 saturated carbocycles. The smallest absolute Gasteiger partial charge is 0.329 e. The van der Waals surface area contributed by atoms with Gasteiger partial charge in [0.15, 0.2) is 0 Å². The van der Waals surface area contributed by atoms with Crippen LogP contribution in [-0.4, -0.2) is 40.3 Å². The topological polar surface area (TPSA) is 93.4 Å². The Morgan fingerprint density at radius 2 is 1.92 bits per heavy atom. The molecule has 1 aromatic heterocycles. The Bertz CT molecular complexity index is 951. The van der Waals surface area contributed by atoms with Gasteiger partial charge in [-0.15, -0.1) is 0 Å². The summed E-state index contributed by atoms with van der Waals surface area (Å²) in [6.07, 6.45) is 1.50. The Labute approximate surface area is 143 Å². The summed E-state index contributed by atoms with van der Waals surface area (Å²) in [5, 5.41) is 2.30. The van der Waals surface area contributed by atoms with Crippen LogP contribution in [0.1, 0.15) is 18.9 Å². The average molecular weight is 342 g/mol. The molecule has 25 heavy (non-hydrogen) atoms. The lowest BCUT2D eigenvalue weighted by Gasteiger charge is -2.38. The summed E-state index contributed by atoms with van der Waals surface area (Å²) in [5.74, 6) is -0.682. The molecular formula is C17H18N4O4. The number of nitrogens with one attached hydrogen (secondary N) is 1. The number of aryl methyl sites for hydroxylation is 1. The molecule has 0 spiro atoms. The van der Waals surface area contributed by atoms with Crippen LogP contribution in [0.25, 0.3) is 11.0 Å². The molecule has 4 rings (SSSR count). The van der Waals surface area contributed by atoms with E-state index in [4.69, 9.17) is 0 Å². The van der Waals surface area contributed by atoms with Crippen LogP contribution in [0.2, 0.25) is 0 Å². The lowest BCUT2D eigenvalue weighted by atomic mass is 10.0. The zero-order chi connectivity index (χ0) is 17.7. The third kappa shape index (κ3) is 2.36. The fraction of sp³-hybridized carbons (Fsp3) is 0.412. The number of aromatic nitrogens is 2. The number of carbonyl (C=O) groups is 3. The number of carbonyl (C=O) groups excluding carboxylic acids is 3. The third-order valence-electron chi connectivity index (χ3n) is 5.06. The van der Waals surface area contributed by atoms with Crippen molar-refractivity contribution < 1.29 is 14.4 Å². The zero-order valence-corrected chi connectivity index (χ0v) is 13.8. The molecule has 0 aliphatic carbocycles. The third-order valence-corrected chi connectivity index (χ3v) is 5.06. The van der Waals surface area contributed by atoms with Crippen molar-refractivity contribution in [3.8, 4) is 0 Å². The Kier molecular flexibility index (Phi) is 3.48. The van der Waals surface area contributed by atoms with E-state index >= 15 is 0 Å². The lowest BCUT2D eigenvalue weighted by Crippen LogP contribution is -2.47. The van der Waals surface area contributed by atoms with E-state index in [-0.39, 0.29) is 23.9 Å². The maximum absolute atomic E-state index is 12.7. The van der Waals surface area contributed by atoms with Gasteiger partial charge in [-0.1, -0.05) is 0 Å². The minimum Gasteiger partial charge on any atom is -0.370 e. The van der Waals surface area contributed by atoms with Gasteiger partial charge >= 0.3 is 5.69 Å². The van der Waals surface area contributed by atoms with Crippen molar-refractivity contribution in [2.24, 2.45) is 13.0 Å². The summed E-state index contributed by atoms with van der Waals surface area (Å²) in [6.45, 7) is 1.35. The molecule has 3 heterocycles. The molecule has 2 fully saturated rings. The Morgan fingerprint density at radius 3 is 2.60 bits per heavy atom. The Hall–Kier alpha value is -2.90. The molecule has 0 radical (unpaired) electrons. The van der Waals surface area contributed by atoms with Gasteiger partial charge in [-0.25, -0.2) is 4.79 Å². The number of rotatable bonds is 3. The molecule has 1 unspecified atom stereocenters. The molecule has 2 aliphatic heterocycles. The van der Waals surface area contributed by atoms with Crippen LogP contribution in [0.15, 0.2) is 23.0 Å². The first-order chi connectivity index (χ1) is 12.0. The summed E-state index contributed by atoms with van der Waals surface area (Å²) >= 11 is 0. The van der Waals surface area contributed by atoms with Crippen molar-refractivity contribution in [1.82, 2.24) is 14.5 Å². The number of hydrogen-bond acceptors (Lipinski definition) is 5. The SMILES string of the molecule is Cn1c(=O)n(C2CCC(=O)NC2=O)c2ccc(N3CC(C=O)C3)cc21. The second kappa shape index (κ2) is 5.58. The van der Waals surface area contributed by atoms with E-state index in [1.807, 2.05) is 18.2 Å². The van der Waals surface area contributed by atoms with Crippen molar-refractivity contribution in [1.29, 1.82) is 0 Å². The molecule has 130 valence electrons. The fourth-order valence-corrected chi connectivity index (χ4v) is 3.59. The van der Waals surface area contributed by atoms with Crippen LogP contribution in [0.5, 0.6) is 0 Å². The molecule has 1 aromatic carbocycles. The van der Waals surface area contributed by atoms with Crippen LogP contribution in [0, 0.1) is 5.92 Å². The minimum atomic E-state index is -0.678. The number of piperidine rings is 1. The van der Waals surface area contributed by atoms with E-state index in [1.54, 1.807) is 7.05 Å². The van der Waals surface area contributed by atoms with Crippen LogP contribution >= 0.6 is 0 Å². The molecule has 8 nitrogen and oxygen atoms in total. The van der Waals surface area contributed by atoms with Gasteiger partial charge in [-0.2, -0.15) is 0 Å². The molecule has 0 bridgehead atoms. The highest BCUT2D eigenvalue weighted by atomic mass is 16.2. The number of anilines is 1. The molecule has 2 amide bonds. The zero-order valence-electron chi connectivity index (χ0n) is 13.8. The van der Waals surface area contributed by atoms with Gasteiger partial charge in [-0.3, -0.25) is 24.0 Å². The van der Waals surface area contributed by atoms with E-state index in [0.29, 0.717) is 25.0 Å². The van der Waals surface area contributed by atoms with Crippen LogP contribution in [-0.2, 0) is 21.4 Å². The number of aldehydes is 1. The Balaban J connectivity index is 1.75. The van der Waals surface area contributed by atoms with E-state index < -0.39 is 11.9 Å². The minimum absolute atomic E-state index is 0.0626. The van der Waals surface area contributed by atoms with Gasteiger partial charge in [0, 0.05) is 38.2 Å². The average Bonchev–Trinajstić information content (AvgIpc) is 2.79. The maximum atomic E-state index is 12.7. The van der Waals surface area contributed by atoms with Gasteiger partial charge in [0.25, 0.3) is 0 Å². The fourth-order valence-electron chi connectivity index (χ4n) is 3.59. The highest BCUT2D eigenvalue weighted by Crippen LogP contribution is 2.29. The molecule has 8 heteroatoms. The van der Waals surface area contributed by atoms with E-state index in [2.05, 4.69) is 10.2 Å². The molecule has 2 aliphatic rings. The normalized spacial score (nSPS) is 21.3. The number of nitrogens with zero attached hydrogens (tertiary/aromatic N) is 3. The van der Waals surface area contributed by atoms with Gasteiger partial charge in [0.05, 0.1) is 11.0 Å². The molecule has 1 atom stereocenters. The summed E-state index contributed by atoms with van der Waals surface area (Å²) in [4.78, 5) is 49.1. The van der Waals surface area contributed by atoms with Crippen molar-refractivity contribution in [3.63, 3.8) is 0 Å². The van der Waals surface area contributed by atoms with Crippen molar-refractivity contribution in [2.45, 2.75) is 18.9 Å². The predicted molar refractivity (Wildman–Crippen MR) is 90.4 cm³/mol. The molecular weight excluding hydrogens is 324 g/mol. The maximum Gasteiger partial charge on any atom is 0.329 e. The lowest BCUT2D eigenvalue weighted by molar-refractivity contribution is -0.135. The molecule has 2 aromatic rings. The van der Waals surface area contributed by atoms with Gasteiger partial charge < -0.3 is 9.69 Å². The van der Waals surface area contributed by atoms with Gasteiger partial charge in [0.2, 0.25) is 11.8 Å². The van der Waals surface area contributed by atoms with Crippen LogP contribution < -0.4 is 15.9 Å². The summed E-state index contributed by atoms with van der Waals surface area (Å²) in [7, 11) is 1.67. The van der Waals surface area contributed by atoms with Crippen LogP contribution in [0.4, 0.5) is 5.69 Å². The van der Waals surface area contributed by atoms with Crippen molar-refractivity contribution in [3.05, 3.63) is 28.7 Å². The molecule has 2 saturated heterocycles. The van der Waals surface area contributed by atoms with E-state index in [9.17, 15) is 19.2 Å². The van der Waals surface area contributed by atoms with Gasteiger partial charge in [-0.05, 0) is 24.6 Å². The number of imidazole rings is 1. The second-order valence-corrected chi connectivity index (χ2v) is 6.65. The first-order valence-electron chi connectivity index (χ1n) is 8.24. The monoisotopic (exact) mass is 342 g/mol. The summed E-state index contributed by atoms with van der Waals surface area (Å²) < 4.78 is 2.98. The van der Waals surface area contributed by atoms with Gasteiger partial charge in [0.1, 0.15) is 12.3 Å². The summed E-state index contributed by atoms with van der Waals surface area (Å²) in [5.41, 5.74) is 2.05. The number of benzene rings is 1. The quantitative estimate of drug-likeness (QED) is 0.624. The standard InChI is InChI=1S/C17H18N4O4/c1-19-14-6-11(20-7-10(8-20)9-22)2-3-12(14)21(17(19)25)13-4-5-15(23)18-16(13)24/h2-3,6,9-10,13H,4-5,7-8H2,1H3,(H,18,23,24). The Morgan fingerprint density at radius 1 is 1.16 bits per heavy atom. The number of amides is 2. The number of fused-ring (bicyclic) bond motifs is 1. The first-order valence-corrected chi connectivity index (χ1v) is 8.24.